The van der Waals surface area contributed by atoms with Crippen LogP contribution in [0.3, 0.4) is 0 Å². The van der Waals surface area contributed by atoms with E-state index in [9.17, 15) is 18.0 Å². The molecule has 166 valence electrons. The van der Waals surface area contributed by atoms with Gasteiger partial charge in [0.15, 0.2) is 5.03 Å². The molecule has 1 aliphatic heterocycles. The van der Waals surface area contributed by atoms with Crippen LogP contribution < -0.4 is 15.4 Å². The molecule has 2 atom stereocenters. The van der Waals surface area contributed by atoms with E-state index < -0.39 is 21.6 Å². The number of sulfonamides is 1. The van der Waals surface area contributed by atoms with Gasteiger partial charge in [0.2, 0.25) is 0 Å². The summed E-state index contributed by atoms with van der Waals surface area (Å²) in [6, 6.07) is 10.6. The van der Waals surface area contributed by atoms with Crippen LogP contribution in [0.1, 0.15) is 24.8 Å². The number of amides is 3. The molecule has 1 aliphatic carbocycles. The third-order valence-corrected chi connectivity index (χ3v) is 7.57. The van der Waals surface area contributed by atoms with Crippen molar-refractivity contribution in [1.29, 1.82) is 0 Å². The number of carbonyl (C=O) groups is 2. The summed E-state index contributed by atoms with van der Waals surface area (Å²) in [5, 5.41) is 5.82. The Morgan fingerprint density at radius 1 is 1.25 bits per heavy atom. The van der Waals surface area contributed by atoms with Crippen LogP contribution in [0.4, 0.5) is 4.79 Å². The van der Waals surface area contributed by atoms with Crippen LogP contribution in [0.15, 0.2) is 52.0 Å². The maximum absolute atomic E-state index is 12.8. The number of hydrogen-bond acceptors (Lipinski definition) is 6. The molecule has 1 aromatic carbocycles. The highest BCUT2D eigenvalue weighted by Crippen LogP contribution is 2.36. The third kappa shape index (κ3) is 3.55. The first kappa shape index (κ1) is 20.7. The maximum Gasteiger partial charge on any atom is 0.322 e. The minimum atomic E-state index is -3.83. The van der Waals surface area contributed by atoms with Gasteiger partial charge in [-0.2, -0.15) is 0 Å². The molecule has 1 saturated heterocycles. The molecule has 2 aromatic heterocycles. The zero-order valence-electron chi connectivity index (χ0n) is 17.3. The number of nitrogens with one attached hydrogen (secondary N) is 3. The number of benzene rings is 1. The molecule has 3 N–H and O–H groups in total. The SMILES string of the molecule is Cc1cc(S(=O)(=O)NCC2CCC3(C2)NC(=O)NC3=O)ncc1-c1cc2ccccc2o1. The number of nitrogens with zero attached hydrogens (tertiary/aromatic N) is 1. The van der Waals surface area contributed by atoms with Crippen molar-refractivity contribution in [3.63, 3.8) is 0 Å². The first-order valence-electron chi connectivity index (χ1n) is 10.3. The smallest absolute Gasteiger partial charge is 0.322 e. The predicted octanol–water partition coefficient (Wildman–Crippen LogP) is 2.46. The van der Waals surface area contributed by atoms with Crippen LogP contribution in [-0.2, 0) is 14.8 Å². The average Bonchev–Trinajstić information content (AvgIpc) is 3.43. The van der Waals surface area contributed by atoms with E-state index in [1.165, 1.54) is 12.3 Å². The van der Waals surface area contributed by atoms with Gasteiger partial charge in [-0.15, -0.1) is 0 Å². The van der Waals surface area contributed by atoms with Gasteiger partial charge in [0.05, 0.1) is 0 Å². The largest absolute Gasteiger partial charge is 0.456 e. The van der Waals surface area contributed by atoms with Crippen LogP contribution in [-0.4, -0.2) is 37.4 Å². The minimum Gasteiger partial charge on any atom is -0.456 e. The lowest BCUT2D eigenvalue weighted by Gasteiger charge is -2.19. The number of fused-ring (bicyclic) bond motifs is 1. The van der Waals surface area contributed by atoms with Crippen molar-refractivity contribution in [2.75, 3.05) is 6.54 Å². The number of urea groups is 1. The molecular weight excluding hydrogens is 432 g/mol. The number of rotatable bonds is 5. The van der Waals surface area contributed by atoms with Crippen LogP contribution in [0.25, 0.3) is 22.3 Å². The quantitative estimate of drug-likeness (QED) is 0.508. The van der Waals surface area contributed by atoms with Gasteiger partial charge in [-0.1, -0.05) is 18.2 Å². The van der Waals surface area contributed by atoms with Crippen molar-refractivity contribution < 1.29 is 22.4 Å². The van der Waals surface area contributed by atoms with Gasteiger partial charge in [0.1, 0.15) is 16.9 Å². The highest BCUT2D eigenvalue weighted by atomic mass is 32.2. The van der Waals surface area contributed by atoms with Crippen molar-refractivity contribution in [2.45, 2.75) is 36.8 Å². The Morgan fingerprint density at radius 3 is 2.78 bits per heavy atom. The second kappa shape index (κ2) is 7.42. The second-order valence-corrected chi connectivity index (χ2v) is 10.2. The number of furan rings is 1. The Labute approximate surface area is 184 Å². The van der Waals surface area contributed by atoms with Crippen molar-refractivity contribution in [2.24, 2.45) is 5.92 Å². The Hall–Kier alpha value is -3.24. The van der Waals surface area contributed by atoms with E-state index in [-0.39, 0.29) is 23.4 Å². The zero-order valence-corrected chi connectivity index (χ0v) is 18.2. The van der Waals surface area contributed by atoms with Gasteiger partial charge in [-0.05, 0) is 55.9 Å². The number of imide groups is 1. The van der Waals surface area contributed by atoms with E-state index in [1.54, 1.807) is 0 Å². The first-order chi connectivity index (χ1) is 15.3. The minimum absolute atomic E-state index is 0.0650. The summed E-state index contributed by atoms with van der Waals surface area (Å²) in [6.45, 7) is 1.98. The number of aryl methyl sites for hydroxylation is 1. The molecule has 3 amide bonds. The van der Waals surface area contributed by atoms with Gasteiger partial charge < -0.3 is 9.73 Å². The van der Waals surface area contributed by atoms with Gasteiger partial charge in [-0.3, -0.25) is 10.1 Å². The molecule has 10 heteroatoms. The van der Waals surface area contributed by atoms with E-state index in [0.717, 1.165) is 22.1 Å². The van der Waals surface area contributed by atoms with Crippen molar-refractivity contribution in [3.8, 4) is 11.3 Å². The van der Waals surface area contributed by atoms with Gasteiger partial charge in [0.25, 0.3) is 15.9 Å². The van der Waals surface area contributed by atoms with E-state index >= 15 is 0 Å². The Bertz CT molecular complexity index is 1320. The fourth-order valence-corrected chi connectivity index (χ4v) is 5.65. The van der Waals surface area contributed by atoms with Crippen molar-refractivity contribution >= 4 is 32.9 Å². The maximum atomic E-state index is 12.8. The first-order valence-corrected chi connectivity index (χ1v) is 11.8. The van der Waals surface area contributed by atoms with Gasteiger partial charge in [0, 0.05) is 23.7 Å². The van der Waals surface area contributed by atoms with E-state index in [4.69, 9.17) is 4.42 Å². The Kier molecular flexibility index (Phi) is 4.79. The summed E-state index contributed by atoms with van der Waals surface area (Å²) < 4.78 is 34.1. The topological polar surface area (TPSA) is 130 Å². The van der Waals surface area contributed by atoms with Crippen LogP contribution in [0, 0.1) is 12.8 Å². The van der Waals surface area contributed by atoms with Crippen molar-refractivity contribution in [1.82, 2.24) is 20.3 Å². The zero-order chi connectivity index (χ0) is 22.5. The summed E-state index contributed by atoms with van der Waals surface area (Å²) in [5.41, 5.74) is 1.28. The molecule has 5 rings (SSSR count). The summed E-state index contributed by atoms with van der Waals surface area (Å²) in [5.74, 6) is 0.220. The van der Waals surface area contributed by atoms with E-state index in [2.05, 4.69) is 20.3 Å². The number of pyridine rings is 1. The average molecular weight is 455 g/mol. The lowest BCUT2D eigenvalue weighted by molar-refractivity contribution is -0.123. The van der Waals surface area contributed by atoms with E-state index in [0.29, 0.717) is 25.0 Å². The molecule has 0 radical (unpaired) electrons. The molecule has 2 aliphatic rings. The molecule has 3 aromatic rings. The molecule has 1 spiro atoms. The van der Waals surface area contributed by atoms with Crippen molar-refractivity contribution in [3.05, 3.63) is 48.2 Å². The number of para-hydroxylation sites is 1. The standard InChI is InChI=1S/C22H22N4O5S/c1-13-8-19(23-12-16(13)18-9-15-4-2-3-5-17(15)31-18)32(29,30)24-11-14-6-7-22(10-14)20(27)25-21(28)26-22/h2-5,8-9,12,14,24H,6-7,10-11H2,1H3,(H2,25,26,27,28). The summed E-state index contributed by atoms with van der Waals surface area (Å²) in [4.78, 5) is 27.7. The predicted molar refractivity (Wildman–Crippen MR) is 116 cm³/mol. The molecule has 3 heterocycles. The van der Waals surface area contributed by atoms with E-state index in [1.807, 2.05) is 37.3 Å². The second-order valence-electron chi connectivity index (χ2n) is 8.44. The molecule has 1 saturated carbocycles. The van der Waals surface area contributed by atoms with Crippen LogP contribution in [0.5, 0.6) is 0 Å². The van der Waals surface area contributed by atoms with Gasteiger partial charge >= 0.3 is 6.03 Å². The number of carbonyl (C=O) groups excluding carboxylic acids is 2. The molecule has 2 fully saturated rings. The molecule has 32 heavy (non-hydrogen) atoms. The molecule has 0 bridgehead atoms. The van der Waals surface area contributed by atoms with Crippen LogP contribution >= 0.6 is 0 Å². The lowest BCUT2D eigenvalue weighted by Crippen LogP contribution is -2.44. The summed E-state index contributed by atoms with van der Waals surface area (Å²) >= 11 is 0. The third-order valence-electron chi connectivity index (χ3n) is 6.25. The number of hydrogen-bond donors (Lipinski definition) is 3. The molecule has 2 unspecified atom stereocenters. The lowest BCUT2D eigenvalue weighted by atomic mass is 9.96. The Morgan fingerprint density at radius 2 is 2.06 bits per heavy atom. The number of aromatic nitrogens is 1. The fraction of sp³-hybridized carbons (Fsp3) is 0.318. The van der Waals surface area contributed by atoms with Crippen LogP contribution in [0.2, 0.25) is 0 Å². The summed E-state index contributed by atoms with van der Waals surface area (Å²) in [6.07, 6.45) is 3.02. The highest BCUT2D eigenvalue weighted by molar-refractivity contribution is 7.89. The monoisotopic (exact) mass is 454 g/mol. The fourth-order valence-electron chi connectivity index (χ4n) is 4.52. The normalized spacial score (nSPS) is 23.1. The molecular formula is C22H22N4O5S. The molecule has 9 nitrogen and oxygen atoms in total. The Balaban J connectivity index is 1.29. The highest BCUT2D eigenvalue weighted by Gasteiger charge is 2.50. The summed E-state index contributed by atoms with van der Waals surface area (Å²) in [7, 11) is -3.83. The van der Waals surface area contributed by atoms with Gasteiger partial charge in [-0.25, -0.2) is 22.9 Å².